The number of aromatic nitrogens is 3. The molecule has 2 aromatic heterocycles. The van der Waals surface area contributed by atoms with Gasteiger partial charge in [0.25, 0.3) is 5.91 Å². The quantitative estimate of drug-likeness (QED) is 0.253. The number of carbonyl (C=O) groups excluding carboxylic acids is 1. The largest absolute Gasteiger partial charge is 0.484 e. The lowest BCUT2D eigenvalue weighted by molar-refractivity contribution is -0.138. The Bertz CT molecular complexity index is 1360. The lowest BCUT2D eigenvalue weighted by Crippen LogP contribution is -2.34. The molecule has 1 N–H and O–H groups in total. The minimum atomic E-state index is -4.62. The van der Waals surface area contributed by atoms with Gasteiger partial charge in [-0.15, -0.1) is 5.10 Å². The second-order valence-corrected chi connectivity index (χ2v) is 9.30. The van der Waals surface area contributed by atoms with Crippen LogP contribution >= 0.6 is 11.6 Å². The van der Waals surface area contributed by atoms with Gasteiger partial charge in [0.05, 0.1) is 18.6 Å². The fourth-order valence-corrected chi connectivity index (χ4v) is 4.06. The molecule has 0 aliphatic heterocycles. The Kier molecular flexibility index (Phi) is 10.8. The van der Waals surface area contributed by atoms with Gasteiger partial charge < -0.3 is 24.2 Å². The number of carboxylic acid groups (broad SMARTS) is 1. The van der Waals surface area contributed by atoms with Gasteiger partial charge in [-0.2, -0.15) is 13.2 Å². The normalized spacial score (nSPS) is 11.3. The van der Waals surface area contributed by atoms with Crippen LogP contribution < -0.4 is 14.2 Å². The first kappa shape index (κ1) is 31.5. The van der Waals surface area contributed by atoms with Crippen molar-refractivity contribution >= 4 is 23.5 Å². The SMILES string of the molecule is CCN(CC)C(=O)COc1ccc(CCCOc2nn(C)cc2CC(=O)O)c(Oc2ncc(C(F)(F)F)cc2Cl)c1. The maximum absolute atomic E-state index is 13.1. The van der Waals surface area contributed by atoms with Gasteiger partial charge in [-0.3, -0.25) is 14.3 Å². The number of ether oxygens (including phenoxy) is 3. The minimum Gasteiger partial charge on any atom is -0.484 e. The van der Waals surface area contributed by atoms with Crippen LogP contribution in [0.15, 0.2) is 36.7 Å². The van der Waals surface area contributed by atoms with Crippen LogP contribution in [0.1, 0.15) is 37.0 Å². The number of benzene rings is 1. The van der Waals surface area contributed by atoms with Crippen LogP contribution in [0.4, 0.5) is 13.2 Å². The van der Waals surface area contributed by atoms with Crippen molar-refractivity contribution in [1.82, 2.24) is 19.7 Å². The van der Waals surface area contributed by atoms with Crippen molar-refractivity contribution in [2.45, 2.75) is 39.3 Å². The summed E-state index contributed by atoms with van der Waals surface area (Å²) < 4.78 is 57.8. The van der Waals surface area contributed by atoms with E-state index in [-0.39, 0.29) is 48.1 Å². The van der Waals surface area contributed by atoms with Crippen molar-refractivity contribution in [3.8, 4) is 23.3 Å². The third-order valence-electron chi connectivity index (χ3n) is 5.90. The molecule has 0 unspecified atom stereocenters. The lowest BCUT2D eigenvalue weighted by Gasteiger charge is -2.19. The predicted molar refractivity (Wildman–Crippen MR) is 143 cm³/mol. The fraction of sp³-hybridized carbons (Fsp3) is 0.407. The molecule has 0 aliphatic carbocycles. The van der Waals surface area contributed by atoms with Gasteiger partial charge in [0.1, 0.15) is 16.5 Å². The zero-order valence-corrected chi connectivity index (χ0v) is 23.5. The van der Waals surface area contributed by atoms with Crippen LogP contribution in [0.2, 0.25) is 5.02 Å². The summed E-state index contributed by atoms with van der Waals surface area (Å²) >= 11 is 6.05. The highest BCUT2D eigenvalue weighted by Gasteiger charge is 2.32. The molecule has 0 atom stereocenters. The molecule has 3 aromatic rings. The molecule has 0 bridgehead atoms. The number of amides is 1. The van der Waals surface area contributed by atoms with Crippen molar-refractivity contribution in [2.75, 3.05) is 26.3 Å². The maximum atomic E-state index is 13.1. The zero-order valence-electron chi connectivity index (χ0n) is 22.7. The van der Waals surface area contributed by atoms with E-state index in [4.69, 9.17) is 30.9 Å². The van der Waals surface area contributed by atoms with E-state index in [1.54, 1.807) is 30.3 Å². The van der Waals surface area contributed by atoms with Gasteiger partial charge in [0.2, 0.25) is 11.8 Å². The summed E-state index contributed by atoms with van der Waals surface area (Å²) in [6.07, 6.45) is -1.81. The fourth-order valence-electron chi connectivity index (χ4n) is 3.85. The van der Waals surface area contributed by atoms with Crippen molar-refractivity contribution < 1.29 is 42.1 Å². The van der Waals surface area contributed by atoms with E-state index < -0.39 is 17.7 Å². The summed E-state index contributed by atoms with van der Waals surface area (Å²) in [5, 5.41) is 12.9. The second kappa shape index (κ2) is 14.1. The van der Waals surface area contributed by atoms with E-state index in [1.165, 1.54) is 10.7 Å². The first-order chi connectivity index (χ1) is 19.4. The van der Waals surface area contributed by atoms with E-state index in [9.17, 15) is 22.8 Å². The Morgan fingerprint density at radius 2 is 1.83 bits per heavy atom. The first-order valence-electron chi connectivity index (χ1n) is 12.7. The van der Waals surface area contributed by atoms with Gasteiger partial charge >= 0.3 is 12.1 Å². The molecule has 41 heavy (non-hydrogen) atoms. The number of hydrogen-bond donors (Lipinski definition) is 1. The van der Waals surface area contributed by atoms with Crippen LogP contribution in [0.5, 0.6) is 23.3 Å². The summed E-state index contributed by atoms with van der Waals surface area (Å²) in [5.74, 6) is -0.718. The molecule has 222 valence electrons. The first-order valence-corrected chi connectivity index (χ1v) is 13.1. The molecule has 1 aromatic carbocycles. The molecule has 14 heteroatoms. The number of rotatable bonds is 14. The number of nitrogens with zero attached hydrogens (tertiary/aromatic N) is 4. The van der Waals surface area contributed by atoms with Gasteiger partial charge in [-0.25, -0.2) is 4.98 Å². The summed E-state index contributed by atoms with van der Waals surface area (Å²) in [5.41, 5.74) is 0.0596. The molecular formula is C27H30ClF3N4O6. The molecule has 0 spiro atoms. The molecule has 0 saturated carbocycles. The van der Waals surface area contributed by atoms with Crippen molar-refractivity contribution in [3.63, 3.8) is 0 Å². The monoisotopic (exact) mass is 598 g/mol. The molecule has 10 nitrogen and oxygen atoms in total. The Balaban J connectivity index is 1.77. The molecule has 3 rings (SSSR count). The third-order valence-corrected chi connectivity index (χ3v) is 6.17. The third kappa shape index (κ3) is 9.00. The Labute approximate surface area is 239 Å². The van der Waals surface area contributed by atoms with Crippen LogP contribution in [0.3, 0.4) is 0 Å². The number of carboxylic acids is 1. The minimum absolute atomic E-state index is 0.193. The van der Waals surface area contributed by atoms with Crippen LogP contribution in [0, 0.1) is 0 Å². The number of aliphatic carboxylic acids is 1. The highest BCUT2D eigenvalue weighted by Crippen LogP contribution is 2.36. The molecule has 0 fully saturated rings. The summed E-state index contributed by atoms with van der Waals surface area (Å²) in [6, 6.07) is 5.57. The van der Waals surface area contributed by atoms with Gasteiger partial charge in [-0.1, -0.05) is 17.7 Å². The van der Waals surface area contributed by atoms with Crippen LogP contribution in [-0.4, -0.2) is 63.0 Å². The van der Waals surface area contributed by atoms with Crippen LogP contribution in [0.25, 0.3) is 0 Å². The van der Waals surface area contributed by atoms with Gasteiger partial charge in [0.15, 0.2) is 6.61 Å². The molecule has 0 aliphatic rings. The summed E-state index contributed by atoms with van der Waals surface area (Å²) in [6.45, 7) is 4.75. The molecule has 1 amide bonds. The lowest BCUT2D eigenvalue weighted by atomic mass is 10.1. The van der Waals surface area contributed by atoms with E-state index in [0.717, 1.165) is 6.07 Å². The summed E-state index contributed by atoms with van der Waals surface area (Å²) in [4.78, 5) is 28.8. The Morgan fingerprint density at radius 3 is 2.46 bits per heavy atom. The van der Waals surface area contributed by atoms with Crippen molar-refractivity contribution in [2.24, 2.45) is 7.05 Å². The average molecular weight is 599 g/mol. The Hall–Kier alpha value is -4.00. The summed E-state index contributed by atoms with van der Waals surface area (Å²) in [7, 11) is 1.65. The number of alkyl halides is 3. The number of carbonyl (C=O) groups is 2. The van der Waals surface area contributed by atoms with Crippen molar-refractivity contribution in [3.05, 3.63) is 58.4 Å². The standard InChI is InChI=1S/C27H30ClF3N4O6/c1-4-35(5-2)23(36)16-40-20-9-8-17(7-6-10-39-25-18(11-24(37)38)15-34(3)33-25)22(13-20)41-26-21(28)12-19(14-32-26)27(29,30)31/h8-9,12-15H,4-7,10-11,16H2,1-3H3,(H,37,38). The van der Waals surface area contributed by atoms with Crippen LogP contribution in [-0.2, 0) is 35.7 Å². The van der Waals surface area contributed by atoms with Gasteiger partial charge in [0, 0.05) is 44.2 Å². The molecule has 2 heterocycles. The number of hydrogen-bond acceptors (Lipinski definition) is 7. The average Bonchev–Trinajstić information content (AvgIpc) is 3.25. The highest BCUT2D eigenvalue weighted by atomic mass is 35.5. The number of pyridine rings is 1. The van der Waals surface area contributed by atoms with Crippen molar-refractivity contribution in [1.29, 1.82) is 0 Å². The number of aryl methyl sites for hydroxylation is 2. The maximum Gasteiger partial charge on any atom is 0.417 e. The molecule has 0 radical (unpaired) electrons. The van der Waals surface area contributed by atoms with Gasteiger partial charge in [-0.05, 0) is 44.4 Å². The van der Waals surface area contributed by atoms with E-state index in [1.807, 2.05) is 13.8 Å². The molecule has 0 saturated heterocycles. The predicted octanol–water partition coefficient (Wildman–Crippen LogP) is 5.17. The van der Waals surface area contributed by atoms with E-state index in [0.29, 0.717) is 49.0 Å². The Morgan fingerprint density at radius 1 is 1.10 bits per heavy atom. The second-order valence-electron chi connectivity index (χ2n) is 8.89. The zero-order chi connectivity index (χ0) is 30.2. The number of halogens is 4. The highest BCUT2D eigenvalue weighted by molar-refractivity contribution is 6.31. The smallest absolute Gasteiger partial charge is 0.417 e. The van der Waals surface area contributed by atoms with E-state index >= 15 is 0 Å². The van der Waals surface area contributed by atoms with E-state index in [2.05, 4.69) is 10.1 Å². The topological polar surface area (TPSA) is 116 Å². The number of likely N-dealkylation sites (N-methyl/N-ethyl adjacent to an activating group) is 1. The molecular weight excluding hydrogens is 569 g/mol.